The van der Waals surface area contributed by atoms with Crippen LogP contribution in [0.2, 0.25) is 0 Å². The molecule has 7 nitrogen and oxygen atoms in total. The Morgan fingerprint density at radius 1 is 1.21 bits per heavy atom. The molecule has 9 heteroatoms. The number of nitrogens with zero attached hydrogens (tertiary/aromatic N) is 1. The van der Waals surface area contributed by atoms with Crippen molar-refractivity contribution in [1.82, 2.24) is 5.32 Å². The van der Waals surface area contributed by atoms with Crippen molar-refractivity contribution in [2.45, 2.75) is 31.9 Å². The summed E-state index contributed by atoms with van der Waals surface area (Å²) in [5.74, 6) is -0.353. The first-order valence-electron chi connectivity index (χ1n) is 8.79. The average Bonchev–Trinajstić information content (AvgIpc) is 3.47. The van der Waals surface area contributed by atoms with Gasteiger partial charge in [0.25, 0.3) is 11.6 Å². The first-order chi connectivity index (χ1) is 13.4. The second-order valence-electron chi connectivity index (χ2n) is 6.44. The average molecular weight is 391 g/mol. The summed E-state index contributed by atoms with van der Waals surface area (Å²) >= 11 is 0. The van der Waals surface area contributed by atoms with Crippen LogP contribution in [0.3, 0.4) is 0 Å². The highest BCUT2D eigenvalue weighted by Gasteiger charge is 2.25. The zero-order chi connectivity index (χ0) is 20.1. The highest BCUT2D eigenvalue weighted by molar-refractivity contribution is 5.95. The molecule has 0 aliphatic heterocycles. The monoisotopic (exact) mass is 391 g/mol. The molecule has 0 bridgehead atoms. The summed E-state index contributed by atoms with van der Waals surface area (Å²) in [5, 5.41) is 17.1. The largest absolute Gasteiger partial charge is 0.435 e. The van der Waals surface area contributed by atoms with E-state index in [4.69, 9.17) is 0 Å². The Bertz CT molecular complexity index is 855. The number of hydrogen-bond donors (Lipinski definition) is 2. The van der Waals surface area contributed by atoms with Crippen LogP contribution in [-0.2, 0) is 6.42 Å². The molecule has 0 radical (unpaired) electrons. The number of halogens is 2. The van der Waals surface area contributed by atoms with Crippen molar-refractivity contribution in [3.8, 4) is 5.75 Å². The van der Waals surface area contributed by atoms with Crippen LogP contribution in [0.4, 0.5) is 20.2 Å². The van der Waals surface area contributed by atoms with E-state index < -0.39 is 17.4 Å². The van der Waals surface area contributed by atoms with Crippen LogP contribution in [0.25, 0.3) is 0 Å². The van der Waals surface area contributed by atoms with Gasteiger partial charge >= 0.3 is 6.61 Å². The Kier molecular flexibility index (Phi) is 6.03. The van der Waals surface area contributed by atoms with Crippen LogP contribution in [-0.4, -0.2) is 30.0 Å². The van der Waals surface area contributed by atoms with Crippen LogP contribution >= 0.6 is 0 Å². The molecule has 1 fully saturated rings. The third kappa shape index (κ3) is 5.38. The van der Waals surface area contributed by atoms with Gasteiger partial charge in [0.2, 0.25) is 0 Å². The van der Waals surface area contributed by atoms with Gasteiger partial charge in [-0.2, -0.15) is 8.78 Å². The van der Waals surface area contributed by atoms with Crippen molar-refractivity contribution in [2.24, 2.45) is 0 Å². The Hall–Kier alpha value is -3.23. The fourth-order valence-corrected chi connectivity index (χ4v) is 2.65. The molecule has 0 spiro atoms. The van der Waals surface area contributed by atoms with Crippen LogP contribution in [0, 0.1) is 10.1 Å². The summed E-state index contributed by atoms with van der Waals surface area (Å²) in [5.41, 5.74) is 1.31. The smallest absolute Gasteiger partial charge is 0.387 e. The third-order valence-electron chi connectivity index (χ3n) is 4.24. The van der Waals surface area contributed by atoms with Crippen LogP contribution in [0.5, 0.6) is 5.75 Å². The van der Waals surface area contributed by atoms with E-state index in [2.05, 4.69) is 15.4 Å². The fourth-order valence-electron chi connectivity index (χ4n) is 2.65. The first kappa shape index (κ1) is 19.5. The summed E-state index contributed by atoms with van der Waals surface area (Å²) < 4.78 is 28.5. The van der Waals surface area contributed by atoms with Gasteiger partial charge in [0.05, 0.1) is 4.92 Å². The second-order valence-corrected chi connectivity index (χ2v) is 6.44. The predicted molar refractivity (Wildman–Crippen MR) is 98.9 cm³/mol. The topological polar surface area (TPSA) is 93.5 Å². The number of rotatable bonds is 9. The van der Waals surface area contributed by atoms with Crippen LogP contribution in [0.1, 0.15) is 28.8 Å². The first-order valence-corrected chi connectivity index (χ1v) is 8.79. The Labute approximate surface area is 159 Å². The van der Waals surface area contributed by atoms with Gasteiger partial charge in [0.15, 0.2) is 0 Å². The van der Waals surface area contributed by atoms with Gasteiger partial charge in [0.1, 0.15) is 11.4 Å². The van der Waals surface area contributed by atoms with Gasteiger partial charge in [-0.1, -0.05) is 12.1 Å². The van der Waals surface area contributed by atoms with E-state index in [1.54, 1.807) is 24.3 Å². The molecule has 2 aromatic carbocycles. The highest BCUT2D eigenvalue weighted by Crippen LogP contribution is 2.31. The Morgan fingerprint density at radius 3 is 2.54 bits per heavy atom. The molecule has 1 aliphatic carbocycles. The van der Waals surface area contributed by atoms with Crippen LogP contribution in [0.15, 0.2) is 42.5 Å². The number of carbonyl (C=O) groups is 1. The van der Waals surface area contributed by atoms with Gasteiger partial charge in [-0.25, -0.2) is 0 Å². The molecule has 1 saturated carbocycles. The maximum absolute atomic E-state index is 12.3. The molecule has 3 rings (SSSR count). The summed E-state index contributed by atoms with van der Waals surface area (Å²) in [7, 11) is 0. The zero-order valence-electron chi connectivity index (χ0n) is 14.9. The van der Waals surface area contributed by atoms with E-state index in [9.17, 15) is 23.7 Å². The lowest BCUT2D eigenvalue weighted by Gasteiger charge is -2.09. The SMILES string of the molecule is O=C(NCCc1ccc(OC(F)F)cc1)c1ccc(NC2CC2)c([N+](=O)[O-])c1. The number of amides is 1. The number of ether oxygens (including phenoxy) is 1. The van der Waals surface area contributed by atoms with Gasteiger partial charge in [0, 0.05) is 24.2 Å². The van der Waals surface area contributed by atoms with Crippen molar-refractivity contribution in [3.63, 3.8) is 0 Å². The van der Waals surface area contributed by atoms with Gasteiger partial charge in [-0.05, 0) is 49.1 Å². The standard InChI is InChI=1S/C19H19F2N3O4/c20-19(21)28-15-6-1-12(2-7-15)9-10-22-18(25)13-3-8-16(23-14-4-5-14)17(11-13)24(26)27/h1-3,6-8,11,14,19,23H,4-5,9-10H2,(H,22,25). The van der Waals surface area contributed by atoms with Crippen molar-refractivity contribution in [2.75, 3.05) is 11.9 Å². The van der Waals surface area contributed by atoms with Gasteiger partial charge in [-0.15, -0.1) is 0 Å². The van der Waals surface area contributed by atoms with Crippen molar-refractivity contribution in [1.29, 1.82) is 0 Å². The number of alkyl halides is 2. The number of nitro benzene ring substituents is 1. The lowest BCUT2D eigenvalue weighted by atomic mass is 10.1. The molecule has 0 atom stereocenters. The van der Waals surface area contributed by atoms with E-state index in [1.807, 2.05) is 0 Å². The molecule has 2 aromatic rings. The Balaban J connectivity index is 1.55. The predicted octanol–water partition coefficient (Wildman–Crippen LogP) is 3.74. The fraction of sp³-hybridized carbons (Fsp3) is 0.316. The summed E-state index contributed by atoms with van der Waals surface area (Å²) in [6.07, 6.45) is 2.44. The molecular formula is C19H19F2N3O4. The van der Waals surface area contributed by atoms with Gasteiger partial charge in [-0.3, -0.25) is 14.9 Å². The van der Waals surface area contributed by atoms with Crippen LogP contribution < -0.4 is 15.4 Å². The summed E-state index contributed by atoms with van der Waals surface area (Å²) in [6, 6.07) is 10.7. The van der Waals surface area contributed by atoms with E-state index in [0.29, 0.717) is 18.7 Å². The third-order valence-corrected chi connectivity index (χ3v) is 4.24. The minimum absolute atomic E-state index is 0.0648. The molecule has 148 valence electrons. The number of nitro groups is 1. The zero-order valence-corrected chi connectivity index (χ0v) is 14.9. The quantitative estimate of drug-likeness (QED) is 0.502. The van der Waals surface area contributed by atoms with Crippen molar-refractivity contribution < 1.29 is 23.2 Å². The minimum Gasteiger partial charge on any atom is -0.435 e. The maximum atomic E-state index is 12.3. The molecule has 1 amide bonds. The normalized spacial score (nSPS) is 13.2. The summed E-state index contributed by atoms with van der Waals surface area (Å²) in [4.78, 5) is 23.0. The number of benzene rings is 2. The van der Waals surface area contributed by atoms with Crippen molar-refractivity contribution >= 4 is 17.3 Å². The molecule has 2 N–H and O–H groups in total. The summed E-state index contributed by atoms with van der Waals surface area (Å²) in [6.45, 7) is -2.58. The van der Waals surface area contributed by atoms with E-state index in [0.717, 1.165) is 18.4 Å². The van der Waals surface area contributed by atoms with Crippen molar-refractivity contribution in [3.05, 3.63) is 63.7 Å². The molecule has 0 saturated heterocycles. The lowest BCUT2D eigenvalue weighted by Crippen LogP contribution is -2.25. The molecule has 1 aliphatic rings. The van der Waals surface area contributed by atoms with Gasteiger partial charge < -0.3 is 15.4 Å². The maximum Gasteiger partial charge on any atom is 0.387 e. The number of anilines is 1. The molecular weight excluding hydrogens is 372 g/mol. The van der Waals surface area contributed by atoms with E-state index in [1.165, 1.54) is 18.2 Å². The second kappa shape index (κ2) is 8.64. The number of nitrogens with one attached hydrogen (secondary N) is 2. The number of carbonyl (C=O) groups excluding carboxylic acids is 1. The lowest BCUT2D eigenvalue weighted by molar-refractivity contribution is -0.384. The number of hydrogen-bond acceptors (Lipinski definition) is 5. The minimum atomic E-state index is -2.87. The molecule has 0 heterocycles. The molecule has 0 unspecified atom stereocenters. The van der Waals surface area contributed by atoms with E-state index in [-0.39, 0.29) is 23.0 Å². The van der Waals surface area contributed by atoms with E-state index >= 15 is 0 Å². The Morgan fingerprint density at radius 2 is 1.93 bits per heavy atom. The molecule has 0 aromatic heterocycles. The molecule has 28 heavy (non-hydrogen) atoms. The highest BCUT2D eigenvalue weighted by atomic mass is 19.3.